The molecule has 0 spiro atoms. The smallest absolute Gasteiger partial charge is 0.254 e. The predicted molar refractivity (Wildman–Crippen MR) is 88.9 cm³/mol. The maximum Gasteiger partial charge on any atom is 0.254 e. The van der Waals surface area contributed by atoms with E-state index >= 15 is 0 Å². The van der Waals surface area contributed by atoms with E-state index in [0.29, 0.717) is 0 Å². The molecule has 1 aliphatic heterocycles. The number of carbonyl (C=O) groups is 1. The number of amides is 1. The molecule has 3 heteroatoms. The maximum absolute atomic E-state index is 12.7. The number of aryl methyl sites for hydroxylation is 1. The molecule has 3 nitrogen and oxygen atoms in total. The van der Waals surface area contributed by atoms with Gasteiger partial charge in [-0.2, -0.15) is 0 Å². The maximum atomic E-state index is 12.7. The fourth-order valence-corrected chi connectivity index (χ4v) is 2.90. The number of nitrogens with zero attached hydrogens (tertiary/aromatic N) is 1. The number of nitrogens with one attached hydrogen (secondary N) is 1. The van der Waals surface area contributed by atoms with Gasteiger partial charge >= 0.3 is 0 Å². The third-order valence-electron chi connectivity index (χ3n) is 4.18. The van der Waals surface area contributed by atoms with Crippen molar-refractivity contribution in [3.05, 3.63) is 29.3 Å². The number of rotatable bonds is 4. The number of anilines is 1. The molecule has 116 valence electrons. The second-order valence-electron chi connectivity index (χ2n) is 6.02. The Hall–Kier alpha value is -1.51. The topological polar surface area (TPSA) is 32.3 Å². The Labute approximate surface area is 128 Å². The molecule has 0 unspecified atom stereocenters. The lowest BCUT2D eigenvalue weighted by Gasteiger charge is -2.25. The highest BCUT2D eigenvalue weighted by atomic mass is 16.2. The van der Waals surface area contributed by atoms with E-state index in [1.54, 1.807) is 0 Å². The van der Waals surface area contributed by atoms with Gasteiger partial charge in [-0.05, 0) is 49.9 Å². The van der Waals surface area contributed by atoms with Crippen LogP contribution in [0, 0.1) is 6.92 Å². The number of likely N-dealkylation sites (tertiary alicyclic amines) is 1. The van der Waals surface area contributed by atoms with Crippen molar-refractivity contribution in [1.82, 2.24) is 4.90 Å². The molecule has 1 fully saturated rings. The van der Waals surface area contributed by atoms with Gasteiger partial charge in [0.15, 0.2) is 0 Å². The highest BCUT2D eigenvalue weighted by Gasteiger charge is 2.18. The molecule has 1 aromatic carbocycles. The van der Waals surface area contributed by atoms with Crippen LogP contribution >= 0.6 is 0 Å². The number of benzene rings is 1. The van der Waals surface area contributed by atoms with Crippen molar-refractivity contribution in [3.63, 3.8) is 0 Å². The van der Waals surface area contributed by atoms with Gasteiger partial charge in [-0.15, -0.1) is 0 Å². The molecule has 1 heterocycles. The summed E-state index contributed by atoms with van der Waals surface area (Å²) in [5.74, 6) is 0.205. The zero-order valence-corrected chi connectivity index (χ0v) is 13.5. The van der Waals surface area contributed by atoms with Gasteiger partial charge in [0.05, 0.1) is 0 Å². The molecule has 1 aliphatic rings. The van der Waals surface area contributed by atoms with Crippen molar-refractivity contribution in [1.29, 1.82) is 0 Å². The van der Waals surface area contributed by atoms with Gasteiger partial charge in [-0.1, -0.05) is 26.2 Å². The lowest BCUT2D eigenvalue weighted by Crippen LogP contribution is -2.34. The van der Waals surface area contributed by atoms with Crippen molar-refractivity contribution < 1.29 is 4.79 Å². The van der Waals surface area contributed by atoms with E-state index in [2.05, 4.69) is 18.3 Å². The molecular weight excluding hydrogens is 260 g/mol. The summed E-state index contributed by atoms with van der Waals surface area (Å²) in [6.07, 6.45) is 7.21. The van der Waals surface area contributed by atoms with E-state index < -0.39 is 0 Å². The normalized spacial score (nSPS) is 16.2. The first-order valence-corrected chi connectivity index (χ1v) is 8.36. The number of hydrogen-bond acceptors (Lipinski definition) is 2. The Morgan fingerprint density at radius 1 is 1.14 bits per heavy atom. The molecule has 2 rings (SSSR count). The number of carbonyl (C=O) groups excluding carboxylic acids is 1. The molecule has 0 saturated carbocycles. The molecule has 1 amide bonds. The second kappa shape index (κ2) is 8.06. The molecule has 0 atom stereocenters. The zero-order valence-electron chi connectivity index (χ0n) is 13.5. The van der Waals surface area contributed by atoms with Crippen molar-refractivity contribution in [3.8, 4) is 0 Å². The van der Waals surface area contributed by atoms with Crippen LogP contribution in [0.3, 0.4) is 0 Å². The van der Waals surface area contributed by atoms with Gasteiger partial charge in [0.25, 0.3) is 5.91 Å². The Morgan fingerprint density at radius 2 is 1.81 bits per heavy atom. The molecule has 1 N–H and O–H groups in total. The van der Waals surface area contributed by atoms with Gasteiger partial charge in [-0.25, -0.2) is 0 Å². The van der Waals surface area contributed by atoms with E-state index in [9.17, 15) is 4.79 Å². The van der Waals surface area contributed by atoms with Gasteiger partial charge in [0.2, 0.25) is 0 Å². The first-order valence-electron chi connectivity index (χ1n) is 8.36. The van der Waals surface area contributed by atoms with Crippen molar-refractivity contribution in [2.75, 3.05) is 25.0 Å². The Morgan fingerprint density at radius 3 is 2.43 bits per heavy atom. The summed E-state index contributed by atoms with van der Waals surface area (Å²) in [7, 11) is 0. The van der Waals surface area contributed by atoms with Crippen LogP contribution in [0.4, 0.5) is 5.69 Å². The fraction of sp³-hybridized carbons (Fsp3) is 0.611. The first kappa shape index (κ1) is 15.9. The standard InChI is InChI=1S/C18H28N2O/c1-3-11-19-16-9-10-17(15(2)14-16)18(21)20-12-7-5-4-6-8-13-20/h9-10,14,19H,3-8,11-13H2,1-2H3. The van der Waals surface area contributed by atoms with Gasteiger partial charge in [0.1, 0.15) is 0 Å². The molecule has 0 radical (unpaired) electrons. The third-order valence-corrected chi connectivity index (χ3v) is 4.18. The highest BCUT2D eigenvalue weighted by Crippen LogP contribution is 2.19. The van der Waals surface area contributed by atoms with E-state index in [0.717, 1.165) is 55.7 Å². The first-order chi connectivity index (χ1) is 10.2. The van der Waals surface area contributed by atoms with Crippen LogP contribution in [0.5, 0.6) is 0 Å². The minimum atomic E-state index is 0.205. The van der Waals surface area contributed by atoms with E-state index in [4.69, 9.17) is 0 Å². The Kier molecular flexibility index (Phi) is 6.09. The van der Waals surface area contributed by atoms with Crippen LogP contribution in [-0.4, -0.2) is 30.4 Å². The minimum Gasteiger partial charge on any atom is -0.385 e. The summed E-state index contributed by atoms with van der Waals surface area (Å²) in [5.41, 5.74) is 3.04. The lowest BCUT2D eigenvalue weighted by molar-refractivity contribution is 0.0741. The van der Waals surface area contributed by atoms with Crippen LogP contribution in [-0.2, 0) is 0 Å². The predicted octanol–water partition coefficient (Wildman–Crippen LogP) is 4.22. The highest BCUT2D eigenvalue weighted by molar-refractivity contribution is 5.96. The summed E-state index contributed by atoms with van der Waals surface area (Å²) >= 11 is 0. The van der Waals surface area contributed by atoms with Crippen LogP contribution < -0.4 is 5.32 Å². The SMILES string of the molecule is CCCNc1ccc(C(=O)N2CCCCCCC2)c(C)c1. The van der Waals surface area contributed by atoms with Crippen LogP contribution in [0.25, 0.3) is 0 Å². The summed E-state index contributed by atoms with van der Waals surface area (Å²) in [5, 5.41) is 3.37. The average molecular weight is 288 g/mol. The Bertz CT molecular complexity index is 462. The van der Waals surface area contributed by atoms with Gasteiger partial charge in [0, 0.05) is 30.9 Å². The van der Waals surface area contributed by atoms with Gasteiger partial charge < -0.3 is 10.2 Å². The fourth-order valence-electron chi connectivity index (χ4n) is 2.90. The molecule has 21 heavy (non-hydrogen) atoms. The van der Waals surface area contributed by atoms with Crippen LogP contribution in [0.1, 0.15) is 61.4 Å². The molecular formula is C18H28N2O. The molecule has 0 aromatic heterocycles. The summed E-state index contributed by atoms with van der Waals surface area (Å²) < 4.78 is 0. The average Bonchev–Trinajstić information content (AvgIpc) is 2.44. The third kappa shape index (κ3) is 4.48. The summed E-state index contributed by atoms with van der Waals surface area (Å²) in [6, 6.07) is 6.10. The van der Waals surface area contributed by atoms with Crippen molar-refractivity contribution in [2.24, 2.45) is 0 Å². The molecule has 0 aliphatic carbocycles. The summed E-state index contributed by atoms with van der Waals surface area (Å²) in [4.78, 5) is 14.8. The molecule has 1 aromatic rings. The molecule has 1 saturated heterocycles. The van der Waals surface area contributed by atoms with Crippen molar-refractivity contribution in [2.45, 2.75) is 52.4 Å². The second-order valence-corrected chi connectivity index (χ2v) is 6.02. The zero-order chi connectivity index (χ0) is 15.1. The van der Waals surface area contributed by atoms with E-state index in [1.165, 1.54) is 19.3 Å². The van der Waals surface area contributed by atoms with Crippen LogP contribution in [0.2, 0.25) is 0 Å². The lowest BCUT2D eigenvalue weighted by atomic mass is 10.0. The van der Waals surface area contributed by atoms with Gasteiger partial charge in [-0.3, -0.25) is 4.79 Å². The molecule has 0 bridgehead atoms. The summed E-state index contributed by atoms with van der Waals surface area (Å²) in [6.45, 7) is 6.98. The van der Waals surface area contributed by atoms with E-state index in [-0.39, 0.29) is 5.91 Å². The quantitative estimate of drug-likeness (QED) is 0.899. The monoisotopic (exact) mass is 288 g/mol. The van der Waals surface area contributed by atoms with E-state index in [1.807, 2.05) is 24.0 Å². The largest absolute Gasteiger partial charge is 0.385 e. The van der Waals surface area contributed by atoms with Crippen molar-refractivity contribution >= 4 is 11.6 Å². The van der Waals surface area contributed by atoms with Crippen LogP contribution in [0.15, 0.2) is 18.2 Å². The minimum absolute atomic E-state index is 0.205. The number of hydrogen-bond donors (Lipinski definition) is 1. The Balaban J connectivity index is 2.06.